The summed E-state index contributed by atoms with van der Waals surface area (Å²) in [7, 11) is 1.70. The summed E-state index contributed by atoms with van der Waals surface area (Å²) in [5.41, 5.74) is -1.02. The zero-order chi connectivity index (χ0) is 17.4. The molecule has 0 heterocycles. The van der Waals surface area contributed by atoms with Gasteiger partial charge in [0, 0.05) is 12.4 Å². The number of alkyl carbamates (subject to hydrolysis) is 1. The second kappa shape index (κ2) is 9.73. The lowest BCUT2D eigenvalue weighted by atomic mass is 10.0. The maximum atomic E-state index is 11.7. The van der Waals surface area contributed by atoms with E-state index in [9.17, 15) is 4.79 Å². The van der Waals surface area contributed by atoms with Gasteiger partial charge in [-0.05, 0) is 33.6 Å². The van der Waals surface area contributed by atoms with Gasteiger partial charge in [-0.2, -0.15) is 0 Å². The molecule has 0 spiro atoms. The third-order valence-corrected chi connectivity index (χ3v) is 4.65. The van der Waals surface area contributed by atoms with Crippen molar-refractivity contribution >= 4 is 22.0 Å². The first kappa shape index (κ1) is 21.7. The van der Waals surface area contributed by atoms with Crippen LogP contribution in [0.25, 0.3) is 0 Å². The Morgan fingerprint density at radius 1 is 1.27 bits per heavy atom. The summed E-state index contributed by atoms with van der Waals surface area (Å²) in [5, 5.41) is 3.36. The van der Waals surface area contributed by atoms with Crippen molar-refractivity contribution in [2.24, 2.45) is 5.92 Å². The molecule has 0 aromatic rings. The van der Waals surface area contributed by atoms with Gasteiger partial charge in [-0.1, -0.05) is 36.2 Å². The molecule has 0 aliphatic carbocycles. The Hall–Kier alpha value is -0.330. The van der Waals surface area contributed by atoms with E-state index in [2.05, 4.69) is 35.1 Å². The SMILES string of the molecule is CCC(C)C(COC(C)(CBr)CNC(=O)OC(C)(C)C)OC. The second-order valence-electron chi connectivity index (χ2n) is 6.91. The van der Waals surface area contributed by atoms with Crippen LogP contribution in [0.2, 0.25) is 0 Å². The van der Waals surface area contributed by atoms with Crippen LogP contribution in [0.5, 0.6) is 0 Å². The maximum Gasteiger partial charge on any atom is 0.407 e. The topological polar surface area (TPSA) is 56.8 Å². The van der Waals surface area contributed by atoms with Gasteiger partial charge < -0.3 is 19.5 Å². The average molecular weight is 382 g/mol. The van der Waals surface area contributed by atoms with E-state index in [0.29, 0.717) is 24.4 Å². The molecule has 1 N–H and O–H groups in total. The summed E-state index contributed by atoms with van der Waals surface area (Å²) < 4.78 is 16.7. The molecule has 0 fully saturated rings. The molecular formula is C16H32BrNO4. The fourth-order valence-electron chi connectivity index (χ4n) is 1.72. The summed E-state index contributed by atoms with van der Waals surface area (Å²) in [6, 6.07) is 0. The Labute approximate surface area is 143 Å². The van der Waals surface area contributed by atoms with Crippen molar-refractivity contribution in [3.05, 3.63) is 0 Å². The fraction of sp³-hybridized carbons (Fsp3) is 0.938. The lowest BCUT2D eigenvalue weighted by Crippen LogP contribution is -2.47. The fourth-order valence-corrected chi connectivity index (χ4v) is 2.08. The number of halogens is 1. The number of carbonyl (C=O) groups is 1. The zero-order valence-electron chi connectivity index (χ0n) is 15.0. The molecule has 0 aromatic heterocycles. The number of rotatable bonds is 9. The Balaban J connectivity index is 4.43. The van der Waals surface area contributed by atoms with Crippen molar-refractivity contribution in [1.82, 2.24) is 5.32 Å². The summed E-state index contributed by atoms with van der Waals surface area (Å²) in [5.74, 6) is 0.420. The van der Waals surface area contributed by atoms with Crippen molar-refractivity contribution in [3.8, 4) is 0 Å². The maximum absolute atomic E-state index is 11.7. The van der Waals surface area contributed by atoms with Gasteiger partial charge in [-0.25, -0.2) is 4.79 Å². The van der Waals surface area contributed by atoms with E-state index in [0.717, 1.165) is 6.42 Å². The molecule has 0 rings (SSSR count). The van der Waals surface area contributed by atoms with E-state index < -0.39 is 17.3 Å². The van der Waals surface area contributed by atoms with Crippen LogP contribution in [0.4, 0.5) is 4.79 Å². The van der Waals surface area contributed by atoms with E-state index in [1.165, 1.54) is 0 Å². The van der Waals surface area contributed by atoms with Crippen LogP contribution in [-0.2, 0) is 14.2 Å². The van der Waals surface area contributed by atoms with Gasteiger partial charge >= 0.3 is 6.09 Å². The zero-order valence-corrected chi connectivity index (χ0v) is 16.6. The van der Waals surface area contributed by atoms with Gasteiger partial charge in [0.15, 0.2) is 0 Å². The quantitative estimate of drug-likeness (QED) is 0.618. The molecule has 1 amide bonds. The molecule has 0 saturated carbocycles. The van der Waals surface area contributed by atoms with E-state index in [4.69, 9.17) is 14.2 Å². The van der Waals surface area contributed by atoms with Crippen LogP contribution in [0.3, 0.4) is 0 Å². The second-order valence-corrected chi connectivity index (χ2v) is 7.47. The Morgan fingerprint density at radius 3 is 2.27 bits per heavy atom. The highest BCUT2D eigenvalue weighted by Crippen LogP contribution is 2.18. The number of nitrogens with one attached hydrogen (secondary N) is 1. The summed E-state index contributed by atoms with van der Waals surface area (Å²) in [6.45, 7) is 12.6. The molecule has 22 heavy (non-hydrogen) atoms. The Bertz CT molecular complexity index is 333. The first-order valence-corrected chi connectivity index (χ1v) is 8.88. The molecule has 0 radical (unpaired) electrons. The van der Waals surface area contributed by atoms with Gasteiger partial charge in [-0.3, -0.25) is 0 Å². The van der Waals surface area contributed by atoms with Crippen LogP contribution in [0, 0.1) is 5.92 Å². The highest BCUT2D eigenvalue weighted by Gasteiger charge is 2.28. The Kier molecular flexibility index (Phi) is 9.58. The van der Waals surface area contributed by atoms with Gasteiger partial charge in [0.1, 0.15) is 5.60 Å². The van der Waals surface area contributed by atoms with Gasteiger partial charge in [0.05, 0.1) is 24.9 Å². The van der Waals surface area contributed by atoms with Crippen LogP contribution < -0.4 is 5.32 Å². The monoisotopic (exact) mass is 381 g/mol. The van der Waals surface area contributed by atoms with Gasteiger partial charge in [0.2, 0.25) is 0 Å². The van der Waals surface area contributed by atoms with E-state index >= 15 is 0 Å². The molecule has 0 aliphatic heterocycles. The highest BCUT2D eigenvalue weighted by atomic mass is 79.9. The summed E-state index contributed by atoms with van der Waals surface area (Å²) >= 11 is 3.45. The summed E-state index contributed by atoms with van der Waals surface area (Å²) in [4.78, 5) is 11.7. The minimum atomic E-state index is -0.513. The lowest BCUT2D eigenvalue weighted by molar-refractivity contribution is -0.0806. The van der Waals surface area contributed by atoms with Gasteiger partial charge in [-0.15, -0.1) is 0 Å². The number of hydrogen-bond acceptors (Lipinski definition) is 4. The number of amides is 1. The van der Waals surface area contributed by atoms with Crippen molar-refractivity contribution in [3.63, 3.8) is 0 Å². The smallest absolute Gasteiger partial charge is 0.407 e. The largest absolute Gasteiger partial charge is 0.444 e. The Morgan fingerprint density at radius 2 is 1.86 bits per heavy atom. The molecule has 5 nitrogen and oxygen atoms in total. The molecule has 0 saturated heterocycles. The number of ether oxygens (including phenoxy) is 3. The average Bonchev–Trinajstić information content (AvgIpc) is 2.43. The summed E-state index contributed by atoms with van der Waals surface area (Å²) in [6.07, 6.45) is 0.640. The predicted octanol–water partition coefficient (Wildman–Crippen LogP) is 3.74. The molecule has 6 heteroatoms. The van der Waals surface area contributed by atoms with Crippen molar-refractivity contribution in [1.29, 1.82) is 0 Å². The standard InChI is InChI=1S/C16H32BrNO4/c1-8-12(2)13(20-7)9-21-16(6,10-17)11-18-14(19)22-15(3,4)5/h12-13H,8-11H2,1-7H3,(H,18,19). The highest BCUT2D eigenvalue weighted by molar-refractivity contribution is 9.09. The van der Waals surface area contributed by atoms with E-state index in [-0.39, 0.29) is 6.10 Å². The lowest BCUT2D eigenvalue weighted by Gasteiger charge is -2.32. The van der Waals surface area contributed by atoms with Gasteiger partial charge in [0.25, 0.3) is 0 Å². The van der Waals surface area contributed by atoms with Crippen molar-refractivity contribution < 1.29 is 19.0 Å². The third-order valence-electron chi connectivity index (χ3n) is 3.47. The first-order chi connectivity index (χ1) is 10.1. The number of carbonyl (C=O) groups excluding carboxylic acids is 1. The molecule has 0 aromatic carbocycles. The predicted molar refractivity (Wildman–Crippen MR) is 92.6 cm³/mol. The van der Waals surface area contributed by atoms with Crippen LogP contribution in [0.15, 0.2) is 0 Å². The molecular weight excluding hydrogens is 350 g/mol. The molecule has 0 bridgehead atoms. The third kappa shape index (κ3) is 8.96. The number of hydrogen-bond donors (Lipinski definition) is 1. The number of alkyl halides is 1. The van der Waals surface area contributed by atoms with Crippen molar-refractivity contribution in [2.75, 3.05) is 25.6 Å². The minimum Gasteiger partial charge on any atom is -0.444 e. The van der Waals surface area contributed by atoms with Crippen LogP contribution >= 0.6 is 15.9 Å². The first-order valence-electron chi connectivity index (χ1n) is 7.76. The minimum absolute atomic E-state index is 0.0462. The van der Waals surface area contributed by atoms with E-state index in [1.807, 2.05) is 27.7 Å². The van der Waals surface area contributed by atoms with Crippen LogP contribution in [0.1, 0.15) is 48.0 Å². The van der Waals surface area contributed by atoms with Crippen LogP contribution in [-0.4, -0.2) is 49.0 Å². The molecule has 3 unspecified atom stereocenters. The molecule has 0 aliphatic rings. The number of methoxy groups -OCH3 is 1. The van der Waals surface area contributed by atoms with Crippen molar-refractivity contribution in [2.45, 2.75) is 65.3 Å². The molecule has 3 atom stereocenters. The van der Waals surface area contributed by atoms with E-state index in [1.54, 1.807) is 7.11 Å². The molecule has 132 valence electrons. The normalized spacial score (nSPS) is 17.5.